The molecule has 0 radical (unpaired) electrons. The number of rotatable bonds is 4. The molecule has 0 saturated carbocycles. The molecule has 2 atom stereocenters. The van der Waals surface area contributed by atoms with Crippen LogP contribution in [0.2, 0.25) is 0 Å². The standard InChI is InChI=1S/C16H21N3O/c1-19-14(8-9-18-19)6-7-15(17)13-10-12-4-2-3-5-16(12)20-11-13/h2-5,8-9,13,15H,6-7,10-11,17H2,1H3. The van der Waals surface area contributed by atoms with Crippen LogP contribution < -0.4 is 10.5 Å². The molecule has 0 aliphatic carbocycles. The molecule has 0 spiro atoms. The molecule has 106 valence electrons. The van der Waals surface area contributed by atoms with Gasteiger partial charge in [0.1, 0.15) is 5.75 Å². The molecule has 0 fully saturated rings. The quantitative estimate of drug-likeness (QED) is 0.924. The highest BCUT2D eigenvalue weighted by Crippen LogP contribution is 2.28. The van der Waals surface area contributed by atoms with Gasteiger partial charge in [0.2, 0.25) is 0 Å². The number of aryl methyl sites for hydroxylation is 2. The van der Waals surface area contributed by atoms with Gasteiger partial charge in [0.15, 0.2) is 0 Å². The normalized spacial score (nSPS) is 19.2. The Morgan fingerprint density at radius 2 is 2.25 bits per heavy atom. The van der Waals surface area contributed by atoms with Crippen LogP contribution in [-0.2, 0) is 19.9 Å². The summed E-state index contributed by atoms with van der Waals surface area (Å²) in [6, 6.07) is 10.5. The first kappa shape index (κ1) is 13.2. The van der Waals surface area contributed by atoms with Crippen molar-refractivity contribution in [2.75, 3.05) is 6.61 Å². The van der Waals surface area contributed by atoms with Crippen LogP contribution in [0, 0.1) is 5.92 Å². The SMILES string of the molecule is Cn1nccc1CCC(N)C1COc2ccccc2C1. The first-order valence-electron chi connectivity index (χ1n) is 7.17. The Bertz CT molecular complexity index is 579. The molecule has 1 aliphatic heterocycles. The Morgan fingerprint density at radius 3 is 3.05 bits per heavy atom. The second-order valence-corrected chi connectivity index (χ2v) is 5.53. The molecule has 1 aromatic heterocycles. The molecular weight excluding hydrogens is 250 g/mol. The third-order valence-electron chi connectivity index (χ3n) is 4.17. The highest BCUT2D eigenvalue weighted by atomic mass is 16.5. The number of nitrogens with zero attached hydrogens (tertiary/aromatic N) is 2. The third-order valence-corrected chi connectivity index (χ3v) is 4.17. The lowest BCUT2D eigenvalue weighted by atomic mass is 9.88. The lowest BCUT2D eigenvalue weighted by Crippen LogP contribution is -2.38. The molecule has 1 aliphatic rings. The summed E-state index contributed by atoms with van der Waals surface area (Å²) in [7, 11) is 1.97. The summed E-state index contributed by atoms with van der Waals surface area (Å²) < 4.78 is 7.74. The van der Waals surface area contributed by atoms with Crippen LogP contribution in [0.1, 0.15) is 17.7 Å². The van der Waals surface area contributed by atoms with Crippen LogP contribution in [0.15, 0.2) is 36.5 Å². The van der Waals surface area contributed by atoms with Gasteiger partial charge in [-0.2, -0.15) is 5.10 Å². The van der Waals surface area contributed by atoms with Gasteiger partial charge in [0.05, 0.1) is 6.61 Å². The average Bonchev–Trinajstić information content (AvgIpc) is 2.89. The maximum atomic E-state index is 6.36. The van der Waals surface area contributed by atoms with Crippen LogP contribution in [0.25, 0.3) is 0 Å². The van der Waals surface area contributed by atoms with Gasteiger partial charge in [0, 0.05) is 30.9 Å². The van der Waals surface area contributed by atoms with Gasteiger partial charge in [-0.15, -0.1) is 0 Å². The molecule has 20 heavy (non-hydrogen) atoms. The largest absolute Gasteiger partial charge is 0.493 e. The summed E-state index contributed by atoms with van der Waals surface area (Å²) in [5, 5.41) is 4.19. The van der Waals surface area contributed by atoms with Crippen molar-refractivity contribution < 1.29 is 4.74 Å². The third kappa shape index (κ3) is 2.70. The molecule has 0 amide bonds. The summed E-state index contributed by atoms with van der Waals surface area (Å²) in [5.74, 6) is 1.42. The maximum Gasteiger partial charge on any atom is 0.122 e. The number of nitrogens with two attached hydrogens (primary N) is 1. The zero-order chi connectivity index (χ0) is 13.9. The number of para-hydroxylation sites is 1. The van der Waals surface area contributed by atoms with Gasteiger partial charge < -0.3 is 10.5 Å². The zero-order valence-corrected chi connectivity index (χ0v) is 11.8. The van der Waals surface area contributed by atoms with E-state index in [0.29, 0.717) is 5.92 Å². The summed E-state index contributed by atoms with van der Waals surface area (Å²) >= 11 is 0. The molecule has 4 heteroatoms. The summed E-state index contributed by atoms with van der Waals surface area (Å²) in [6.07, 6.45) is 4.79. The molecule has 4 nitrogen and oxygen atoms in total. The summed E-state index contributed by atoms with van der Waals surface area (Å²) in [4.78, 5) is 0. The van der Waals surface area contributed by atoms with E-state index in [1.807, 2.05) is 30.1 Å². The first-order chi connectivity index (χ1) is 9.74. The van der Waals surface area contributed by atoms with Crippen molar-refractivity contribution in [3.05, 3.63) is 47.8 Å². The number of hydrogen-bond donors (Lipinski definition) is 1. The van der Waals surface area contributed by atoms with Gasteiger partial charge in [-0.3, -0.25) is 4.68 Å². The molecule has 0 saturated heterocycles. The van der Waals surface area contributed by atoms with Crippen LogP contribution in [0.4, 0.5) is 0 Å². The van der Waals surface area contributed by atoms with E-state index >= 15 is 0 Å². The summed E-state index contributed by atoms with van der Waals surface area (Å²) in [6.45, 7) is 0.726. The predicted octanol–water partition coefficient (Wildman–Crippen LogP) is 1.93. The molecule has 0 bridgehead atoms. The minimum Gasteiger partial charge on any atom is -0.493 e. The monoisotopic (exact) mass is 271 g/mol. The van der Waals surface area contributed by atoms with Gasteiger partial charge >= 0.3 is 0 Å². The van der Waals surface area contributed by atoms with Crippen molar-refractivity contribution in [3.63, 3.8) is 0 Å². The Kier molecular flexibility index (Phi) is 3.74. The Hall–Kier alpha value is -1.81. The van der Waals surface area contributed by atoms with Gasteiger partial charge in [-0.05, 0) is 37.0 Å². The lowest BCUT2D eigenvalue weighted by molar-refractivity contribution is 0.195. The van der Waals surface area contributed by atoms with Crippen molar-refractivity contribution in [3.8, 4) is 5.75 Å². The minimum absolute atomic E-state index is 0.165. The lowest BCUT2D eigenvalue weighted by Gasteiger charge is -2.29. The summed E-state index contributed by atoms with van der Waals surface area (Å²) in [5.41, 5.74) is 8.87. The van der Waals surface area contributed by atoms with Crippen molar-refractivity contribution >= 4 is 0 Å². The number of hydrogen-bond acceptors (Lipinski definition) is 3. The fraction of sp³-hybridized carbons (Fsp3) is 0.438. The zero-order valence-electron chi connectivity index (χ0n) is 11.8. The minimum atomic E-state index is 0.165. The number of aromatic nitrogens is 2. The smallest absolute Gasteiger partial charge is 0.122 e. The van der Waals surface area contributed by atoms with E-state index in [1.165, 1.54) is 11.3 Å². The number of benzene rings is 1. The fourth-order valence-corrected chi connectivity index (χ4v) is 2.82. The van der Waals surface area contributed by atoms with E-state index in [2.05, 4.69) is 23.3 Å². The first-order valence-corrected chi connectivity index (χ1v) is 7.17. The van der Waals surface area contributed by atoms with Crippen molar-refractivity contribution in [1.82, 2.24) is 9.78 Å². The maximum absolute atomic E-state index is 6.36. The van der Waals surface area contributed by atoms with E-state index in [4.69, 9.17) is 10.5 Å². The highest BCUT2D eigenvalue weighted by Gasteiger charge is 2.24. The van der Waals surface area contributed by atoms with Gasteiger partial charge in [-0.1, -0.05) is 18.2 Å². The molecular formula is C16H21N3O. The number of fused-ring (bicyclic) bond motifs is 1. The van der Waals surface area contributed by atoms with Crippen molar-refractivity contribution in [2.45, 2.75) is 25.3 Å². The second-order valence-electron chi connectivity index (χ2n) is 5.53. The Balaban J connectivity index is 1.59. The van der Waals surface area contributed by atoms with Crippen LogP contribution in [-0.4, -0.2) is 22.4 Å². The molecule has 2 unspecified atom stereocenters. The molecule has 3 rings (SSSR count). The predicted molar refractivity (Wildman–Crippen MR) is 78.6 cm³/mol. The average molecular weight is 271 g/mol. The number of ether oxygens (including phenoxy) is 1. The van der Waals surface area contributed by atoms with Gasteiger partial charge in [-0.25, -0.2) is 0 Å². The van der Waals surface area contributed by atoms with E-state index in [9.17, 15) is 0 Å². The molecule has 2 aromatic rings. The van der Waals surface area contributed by atoms with E-state index in [-0.39, 0.29) is 6.04 Å². The van der Waals surface area contributed by atoms with E-state index in [1.54, 1.807) is 0 Å². The van der Waals surface area contributed by atoms with Crippen LogP contribution in [0.3, 0.4) is 0 Å². The molecule has 1 aromatic carbocycles. The molecule has 2 N–H and O–H groups in total. The van der Waals surface area contributed by atoms with E-state index < -0.39 is 0 Å². The van der Waals surface area contributed by atoms with Crippen molar-refractivity contribution in [1.29, 1.82) is 0 Å². The van der Waals surface area contributed by atoms with Gasteiger partial charge in [0.25, 0.3) is 0 Å². The second kappa shape index (κ2) is 5.67. The highest BCUT2D eigenvalue weighted by molar-refractivity contribution is 5.35. The topological polar surface area (TPSA) is 53.1 Å². The van der Waals surface area contributed by atoms with Crippen molar-refractivity contribution in [2.24, 2.45) is 18.7 Å². The Labute approximate surface area is 119 Å². The molecule has 2 heterocycles. The fourth-order valence-electron chi connectivity index (χ4n) is 2.82. The Morgan fingerprint density at radius 1 is 1.40 bits per heavy atom. The van der Waals surface area contributed by atoms with E-state index in [0.717, 1.165) is 31.6 Å². The van der Waals surface area contributed by atoms with Crippen LogP contribution >= 0.6 is 0 Å². The van der Waals surface area contributed by atoms with Crippen LogP contribution in [0.5, 0.6) is 5.75 Å².